The maximum atomic E-state index is 13.5. The molecular formula is C23H30FN3O5S. The fraction of sp³-hybridized carbons (Fsp3) is 0.435. The van der Waals surface area contributed by atoms with Crippen LogP contribution in [0.4, 0.5) is 10.3 Å². The number of benzene rings is 1. The number of hydrogen-bond acceptors (Lipinski definition) is 7. The van der Waals surface area contributed by atoms with E-state index in [4.69, 9.17) is 0 Å². The lowest BCUT2D eigenvalue weighted by Gasteiger charge is -2.20. The van der Waals surface area contributed by atoms with Crippen LogP contribution in [0.3, 0.4) is 0 Å². The van der Waals surface area contributed by atoms with Gasteiger partial charge in [0.15, 0.2) is 0 Å². The molecule has 2 atom stereocenters. The Morgan fingerprint density at radius 1 is 1.18 bits per heavy atom. The number of carbonyl (C=O) groups excluding carboxylic acids is 1. The molecule has 0 aliphatic rings. The summed E-state index contributed by atoms with van der Waals surface area (Å²) in [5, 5.41) is 20.3. The Kier molecular flexibility index (Phi) is 8.82. The van der Waals surface area contributed by atoms with Gasteiger partial charge >= 0.3 is 0 Å². The van der Waals surface area contributed by atoms with Gasteiger partial charge in [0, 0.05) is 31.0 Å². The summed E-state index contributed by atoms with van der Waals surface area (Å²) in [6.07, 6.45) is 1.99. The van der Waals surface area contributed by atoms with Crippen LogP contribution in [0.25, 0.3) is 17.3 Å². The van der Waals surface area contributed by atoms with Crippen LogP contribution in [-0.2, 0) is 14.8 Å². The van der Waals surface area contributed by atoms with Crippen LogP contribution in [-0.4, -0.2) is 59.9 Å². The number of hydrogen-bond donors (Lipinski definition) is 2. The van der Waals surface area contributed by atoms with Crippen molar-refractivity contribution in [3.8, 4) is 11.3 Å². The molecule has 2 rings (SSSR count). The van der Waals surface area contributed by atoms with Crippen molar-refractivity contribution in [2.24, 2.45) is 0 Å². The molecule has 2 unspecified atom stereocenters. The van der Waals surface area contributed by atoms with Gasteiger partial charge in [-0.05, 0) is 37.1 Å². The van der Waals surface area contributed by atoms with E-state index in [2.05, 4.69) is 9.97 Å². The quantitative estimate of drug-likeness (QED) is 0.537. The molecule has 0 spiro atoms. The van der Waals surface area contributed by atoms with Crippen LogP contribution in [0.15, 0.2) is 30.3 Å². The number of halogens is 1. The van der Waals surface area contributed by atoms with Crippen LogP contribution in [0, 0.1) is 5.82 Å². The first-order chi connectivity index (χ1) is 15.3. The molecule has 180 valence electrons. The Balaban J connectivity index is 2.61. The van der Waals surface area contributed by atoms with Crippen molar-refractivity contribution in [1.29, 1.82) is 0 Å². The second-order valence-corrected chi connectivity index (χ2v) is 10.3. The molecule has 1 heterocycles. The van der Waals surface area contributed by atoms with Crippen molar-refractivity contribution in [2.45, 2.75) is 51.7 Å². The Morgan fingerprint density at radius 2 is 1.79 bits per heavy atom. The molecule has 0 saturated carbocycles. The molecular weight excluding hydrogens is 449 g/mol. The molecule has 2 aromatic rings. The lowest BCUT2D eigenvalue weighted by Crippen LogP contribution is -2.27. The Bertz CT molecular complexity index is 1120. The van der Waals surface area contributed by atoms with E-state index in [9.17, 15) is 27.8 Å². The summed E-state index contributed by atoms with van der Waals surface area (Å²) in [7, 11) is -2.28. The molecule has 0 aliphatic carbocycles. The van der Waals surface area contributed by atoms with Gasteiger partial charge in [-0.2, -0.15) is 0 Å². The van der Waals surface area contributed by atoms with Crippen LogP contribution in [0.2, 0.25) is 0 Å². The number of aliphatic hydroxyl groups is 2. The van der Waals surface area contributed by atoms with Crippen LogP contribution in [0.1, 0.15) is 50.8 Å². The first-order valence-electron chi connectivity index (χ1n) is 10.4. The number of aliphatic hydroxyl groups excluding tert-OH is 2. The maximum Gasteiger partial charge on any atom is 0.239 e. The molecule has 33 heavy (non-hydrogen) atoms. The van der Waals surface area contributed by atoms with E-state index in [-0.39, 0.29) is 30.5 Å². The average Bonchev–Trinajstić information content (AvgIpc) is 2.70. The third kappa shape index (κ3) is 7.41. The Labute approximate surface area is 193 Å². The summed E-state index contributed by atoms with van der Waals surface area (Å²) in [6, 6.07) is 5.59. The third-order valence-electron chi connectivity index (χ3n) is 4.93. The molecule has 8 nitrogen and oxygen atoms in total. The molecule has 1 aromatic heterocycles. The Hall–Kier alpha value is -2.69. The van der Waals surface area contributed by atoms with Gasteiger partial charge in [0.05, 0.1) is 29.9 Å². The number of anilines is 1. The number of nitrogens with zero attached hydrogens (tertiary/aromatic N) is 3. The van der Waals surface area contributed by atoms with Gasteiger partial charge in [0.2, 0.25) is 16.0 Å². The smallest absolute Gasteiger partial charge is 0.239 e. The highest BCUT2D eigenvalue weighted by atomic mass is 32.2. The molecule has 0 fully saturated rings. The van der Waals surface area contributed by atoms with E-state index >= 15 is 0 Å². The monoisotopic (exact) mass is 479 g/mol. The van der Waals surface area contributed by atoms with Crippen molar-refractivity contribution in [1.82, 2.24) is 9.97 Å². The number of ketones is 1. The fourth-order valence-electron chi connectivity index (χ4n) is 3.18. The zero-order chi connectivity index (χ0) is 24.9. The predicted molar refractivity (Wildman–Crippen MR) is 126 cm³/mol. The van der Waals surface area contributed by atoms with Gasteiger partial charge in [-0.3, -0.25) is 4.79 Å². The van der Waals surface area contributed by atoms with Crippen LogP contribution in [0.5, 0.6) is 0 Å². The number of Topliss-reactive ketones (excluding diaryl/α,β-unsaturated/α-hetero) is 1. The van der Waals surface area contributed by atoms with E-state index < -0.39 is 28.0 Å². The highest BCUT2D eigenvalue weighted by Crippen LogP contribution is 2.31. The van der Waals surface area contributed by atoms with Gasteiger partial charge in [-0.1, -0.05) is 26.0 Å². The number of aromatic nitrogens is 2. The maximum absolute atomic E-state index is 13.5. The zero-order valence-electron chi connectivity index (χ0n) is 19.4. The van der Waals surface area contributed by atoms with Gasteiger partial charge < -0.3 is 10.2 Å². The largest absolute Gasteiger partial charge is 0.393 e. The molecule has 0 bridgehead atoms. The lowest BCUT2D eigenvalue weighted by atomic mass is 9.97. The zero-order valence-corrected chi connectivity index (χ0v) is 20.2. The standard InChI is InChI=1S/C23H30FN3O5S/c1-14(2)21-20(11-10-18(29)13-19(30)12-15(3)28)22(16-6-8-17(24)9-7-16)26-23(25-21)27(4)33(5,31)32/h6-11,14,18-19,29-30H,12-13H2,1-5H3/b11-10+. The van der Waals surface area contributed by atoms with Crippen LogP contribution >= 0.6 is 0 Å². The minimum Gasteiger partial charge on any atom is -0.393 e. The first kappa shape index (κ1) is 26.6. The summed E-state index contributed by atoms with van der Waals surface area (Å²) < 4.78 is 38.7. The van der Waals surface area contributed by atoms with E-state index in [1.807, 2.05) is 13.8 Å². The molecule has 0 amide bonds. The first-order valence-corrected chi connectivity index (χ1v) is 12.3. The SMILES string of the molecule is CC(=O)CC(O)CC(O)/C=C/c1c(-c2ccc(F)cc2)nc(N(C)S(C)(=O)=O)nc1C(C)C. The van der Waals surface area contributed by atoms with Gasteiger partial charge in [-0.15, -0.1) is 0 Å². The van der Waals surface area contributed by atoms with E-state index in [0.717, 1.165) is 10.6 Å². The summed E-state index contributed by atoms with van der Waals surface area (Å²) in [6.45, 7) is 5.12. The molecule has 0 aliphatic heterocycles. The van der Waals surface area contributed by atoms with Crippen molar-refractivity contribution in [3.05, 3.63) is 47.4 Å². The summed E-state index contributed by atoms with van der Waals surface area (Å²) >= 11 is 0. The summed E-state index contributed by atoms with van der Waals surface area (Å²) in [5.74, 6) is -0.787. The summed E-state index contributed by atoms with van der Waals surface area (Å²) in [4.78, 5) is 20.1. The lowest BCUT2D eigenvalue weighted by molar-refractivity contribution is -0.119. The highest BCUT2D eigenvalue weighted by molar-refractivity contribution is 7.92. The minimum atomic E-state index is -3.63. The minimum absolute atomic E-state index is 0.0323. The predicted octanol–water partition coefficient (Wildman–Crippen LogP) is 2.91. The Morgan fingerprint density at radius 3 is 2.30 bits per heavy atom. The topological polar surface area (TPSA) is 121 Å². The normalized spacial score (nSPS) is 14.0. The van der Waals surface area contributed by atoms with Gasteiger partial charge in [0.1, 0.15) is 11.6 Å². The average molecular weight is 480 g/mol. The second-order valence-electron chi connectivity index (χ2n) is 8.29. The van der Waals surface area contributed by atoms with Crippen LogP contribution < -0.4 is 4.31 Å². The molecule has 0 saturated heterocycles. The number of rotatable bonds is 10. The molecule has 0 radical (unpaired) electrons. The van der Waals surface area contributed by atoms with Crippen molar-refractivity contribution >= 4 is 27.8 Å². The highest BCUT2D eigenvalue weighted by Gasteiger charge is 2.22. The van der Waals surface area contributed by atoms with E-state index in [0.29, 0.717) is 22.5 Å². The fourth-order valence-corrected chi connectivity index (χ4v) is 3.55. The molecule has 10 heteroatoms. The third-order valence-corrected chi connectivity index (χ3v) is 6.09. The molecule has 2 N–H and O–H groups in total. The summed E-state index contributed by atoms with van der Waals surface area (Å²) in [5.41, 5.74) is 1.96. The van der Waals surface area contributed by atoms with Crippen molar-refractivity contribution in [3.63, 3.8) is 0 Å². The second kappa shape index (κ2) is 11.0. The van der Waals surface area contributed by atoms with E-state index in [1.54, 1.807) is 6.08 Å². The molecule has 1 aromatic carbocycles. The number of carbonyl (C=O) groups is 1. The van der Waals surface area contributed by atoms with Gasteiger partial charge in [-0.25, -0.2) is 27.1 Å². The van der Waals surface area contributed by atoms with Gasteiger partial charge in [0.25, 0.3) is 0 Å². The van der Waals surface area contributed by atoms with Crippen molar-refractivity contribution in [2.75, 3.05) is 17.6 Å². The van der Waals surface area contributed by atoms with Crippen molar-refractivity contribution < 1.29 is 27.8 Å². The number of sulfonamides is 1. The van der Waals surface area contributed by atoms with E-state index in [1.165, 1.54) is 44.3 Å².